The van der Waals surface area contributed by atoms with Crippen LogP contribution in [0.5, 0.6) is 5.75 Å². The maximum Gasteiger partial charge on any atom is 0.255 e. The number of benzene rings is 1. The number of ether oxygens (including phenoxy) is 2. The lowest BCUT2D eigenvalue weighted by Crippen LogP contribution is -2.33. The van der Waals surface area contributed by atoms with Crippen LogP contribution in [-0.2, 0) is 23.0 Å². The first-order chi connectivity index (χ1) is 14.7. The van der Waals surface area contributed by atoms with Crippen LogP contribution in [0.25, 0.3) is 0 Å². The fourth-order valence-corrected chi connectivity index (χ4v) is 3.96. The zero-order valence-electron chi connectivity index (χ0n) is 17.8. The lowest BCUT2D eigenvalue weighted by Gasteiger charge is -2.23. The number of nitrogens with one attached hydrogen (secondary N) is 1. The van der Waals surface area contributed by atoms with Crippen molar-refractivity contribution in [3.8, 4) is 5.75 Å². The number of anilines is 1. The molecular weight excluding hydrogens is 412 g/mol. The minimum atomic E-state index is -1.11. The molecule has 2 aromatic rings. The Hall–Kier alpha value is -2.56. The molecule has 5 atom stereocenters. The van der Waals surface area contributed by atoms with Gasteiger partial charge in [0.2, 0.25) is 5.82 Å². The van der Waals surface area contributed by atoms with Gasteiger partial charge in [-0.15, -0.1) is 0 Å². The lowest BCUT2D eigenvalue weighted by atomic mass is 9.82. The van der Waals surface area contributed by atoms with E-state index in [1.807, 2.05) is 13.8 Å². The minimum absolute atomic E-state index is 0.165. The molecule has 0 spiro atoms. The number of nitrogens with zero attached hydrogens (tertiary/aromatic N) is 2. The van der Waals surface area contributed by atoms with Gasteiger partial charge < -0.3 is 25.0 Å². The van der Waals surface area contributed by atoms with Gasteiger partial charge in [-0.25, -0.2) is 4.39 Å². The van der Waals surface area contributed by atoms with Crippen molar-refractivity contribution in [2.75, 3.05) is 19.0 Å². The van der Waals surface area contributed by atoms with Crippen molar-refractivity contribution in [2.24, 2.45) is 13.0 Å². The molecule has 1 aromatic heterocycles. The van der Waals surface area contributed by atoms with Crippen molar-refractivity contribution in [1.82, 2.24) is 9.78 Å². The highest BCUT2D eigenvalue weighted by Gasteiger charge is 2.46. The number of methoxy groups -OCH3 is 1. The maximum absolute atomic E-state index is 14.3. The number of aliphatic hydroxyl groups is 2. The molecule has 0 saturated carbocycles. The fraction of sp³-hybridized carbons (Fsp3) is 0.524. The number of aliphatic hydroxyl groups excluding tert-OH is 2. The third-order valence-electron chi connectivity index (χ3n) is 5.78. The van der Waals surface area contributed by atoms with Gasteiger partial charge in [-0.05, 0) is 18.9 Å². The van der Waals surface area contributed by atoms with E-state index < -0.39 is 42.3 Å². The highest BCUT2D eigenvalue weighted by atomic mass is 19.2. The number of amides is 1. The van der Waals surface area contributed by atoms with Crippen LogP contribution >= 0.6 is 0 Å². The third kappa shape index (κ3) is 4.56. The Labute approximate surface area is 178 Å². The molecule has 3 N–H and O–H groups in total. The Balaban J connectivity index is 1.87. The molecule has 8 nitrogen and oxygen atoms in total. The van der Waals surface area contributed by atoms with Crippen molar-refractivity contribution in [3.63, 3.8) is 0 Å². The van der Waals surface area contributed by atoms with Gasteiger partial charge in [0.1, 0.15) is 6.10 Å². The number of hydrogen-bond acceptors (Lipinski definition) is 6. The standard InChI is InChI=1S/C21H27F2N3O5/c1-10-11(2)31-20(17(10)14-5-6-15(22)18(23)19(14)30-4)21(29)24-16-8-12(26(3)25-16)7-13(28)9-27/h5-6,8,10-11,13,17,20,27-28H,7,9H2,1-4H3,(H,24,25,29)/t10-,11-,13?,17+,20-/m1/s1. The van der Waals surface area contributed by atoms with Crippen LogP contribution in [0.3, 0.4) is 0 Å². The van der Waals surface area contributed by atoms with E-state index in [1.165, 1.54) is 17.9 Å². The quantitative estimate of drug-likeness (QED) is 0.607. The molecule has 10 heteroatoms. The Kier molecular flexibility index (Phi) is 6.93. The first-order valence-electron chi connectivity index (χ1n) is 9.97. The number of aromatic nitrogens is 2. The van der Waals surface area contributed by atoms with Gasteiger partial charge in [0.25, 0.3) is 5.91 Å². The van der Waals surface area contributed by atoms with E-state index in [2.05, 4.69) is 10.4 Å². The van der Waals surface area contributed by atoms with Crippen LogP contribution in [0, 0.1) is 17.6 Å². The van der Waals surface area contributed by atoms with E-state index in [9.17, 15) is 18.7 Å². The number of hydrogen-bond donors (Lipinski definition) is 3. The summed E-state index contributed by atoms with van der Waals surface area (Å²) in [5, 5.41) is 25.6. The number of carbonyl (C=O) groups excluding carboxylic acids is 1. The molecule has 1 aromatic carbocycles. The zero-order chi connectivity index (χ0) is 22.9. The van der Waals surface area contributed by atoms with Gasteiger partial charge in [-0.1, -0.05) is 13.0 Å². The summed E-state index contributed by atoms with van der Waals surface area (Å²) in [6.45, 7) is 3.29. The second-order valence-corrected chi connectivity index (χ2v) is 7.80. The van der Waals surface area contributed by atoms with E-state index in [4.69, 9.17) is 14.6 Å². The summed E-state index contributed by atoms with van der Waals surface area (Å²) in [6, 6.07) is 4.01. The first-order valence-corrected chi connectivity index (χ1v) is 9.97. The molecular formula is C21H27F2N3O5. The molecule has 3 rings (SSSR count). The second kappa shape index (κ2) is 9.29. The van der Waals surface area contributed by atoms with Crippen LogP contribution in [0.4, 0.5) is 14.6 Å². The summed E-state index contributed by atoms with van der Waals surface area (Å²) in [5.41, 5.74) is 0.968. The third-order valence-corrected chi connectivity index (χ3v) is 5.78. The van der Waals surface area contributed by atoms with Gasteiger partial charge in [0, 0.05) is 36.7 Å². The average molecular weight is 439 g/mol. The smallest absolute Gasteiger partial charge is 0.255 e. The molecule has 31 heavy (non-hydrogen) atoms. The van der Waals surface area contributed by atoms with Crippen LogP contribution in [0.1, 0.15) is 31.0 Å². The van der Waals surface area contributed by atoms with Crippen LogP contribution in [0.15, 0.2) is 18.2 Å². The Bertz CT molecular complexity index is 951. The average Bonchev–Trinajstić information content (AvgIpc) is 3.22. The van der Waals surface area contributed by atoms with E-state index in [-0.39, 0.29) is 30.0 Å². The molecule has 1 saturated heterocycles. The molecule has 1 aliphatic heterocycles. The zero-order valence-corrected chi connectivity index (χ0v) is 17.8. The van der Waals surface area contributed by atoms with Gasteiger partial charge in [0.15, 0.2) is 17.4 Å². The molecule has 2 heterocycles. The lowest BCUT2D eigenvalue weighted by molar-refractivity contribution is -0.127. The summed E-state index contributed by atoms with van der Waals surface area (Å²) in [6.07, 6.45) is -2.06. The number of rotatable bonds is 7. The molecule has 1 fully saturated rings. The van der Waals surface area contributed by atoms with E-state index in [0.29, 0.717) is 11.3 Å². The number of carbonyl (C=O) groups is 1. The van der Waals surface area contributed by atoms with Crippen LogP contribution in [-0.4, -0.2) is 57.9 Å². The van der Waals surface area contributed by atoms with E-state index >= 15 is 0 Å². The minimum Gasteiger partial charge on any atom is -0.493 e. The number of aryl methyl sites for hydroxylation is 1. The van der Waals surface area contributed by atoms with Gasteiger partial charge >= 0.3 is 0 Å². The predicted octanol–water partition coefficient (Wildman–Crippen LogP) is 1.75. The van der Waals surface area contributed by atoms with E-state index in [1.54, 1.807) is 13.1 Å². The molecule has 1 unspecified atom stereocenters. The van der Waals surface area contributed by atoms with Gasteiger partial charge in [-0.2, -0.15) is 9.49 Å². The largest absolute Gasteiger partial charge is 0.493 e. The summed E-state index contributed by atoms with van der Waals surface area (Å²) < 4.78 is 40.5. The number of halogens is 2. The topological polar surface area (TPSA) is 106 Å². The van der Waals surface area contributed by atoms with Crippen molar-refractivity contribution in [1.29, 1.82) is 0 Å². The summed E-state index contributed by atoms with van der Waals surface area (Å²) in [4.78, 5) is 13.1. The molecule has 0 bridgehead atoms. The summed E-state index contributed by atoms with van der Waals surface area (Å²) in [5.74, 6) is -3.37. The van der Waals surface area contributed by atoms with Gasteiger partial charge in [0.05, 0.1) is 25.9 Å². The Morgan fingerprint density at radius 2 is 2.10 bits per heavy atom. The second-order valence-electron chi connectivity index (χ2n) is 7.80. The predicted molar refractivity (Wildman–Crippen MR) is 108 cm³/mol. The SMILES string of the molecule is COc1c([C@@H]2[C@H](C)[C@@H](C)O[C@H]2C(=O)Nc2cc(CC(O)CO)n(C)n2)ccc(F)c1F. The first kappa shape index (κ1) is 23.1. The monoisotopic (exact) mass is 439 g/mol. The molecule has 170 valence electrons. The molecule has 0 radical (unpaired) electrons. The molecule has 1 amide bonds. The normalized spacial score (nSPS) is 24.3. The fourth-order valence-electron chi connectivity index (χ4n) is 3.96. The Morgan fingerprint density at radius 3 is 2.74 bits per heavy atom. The highest BCUT2D eigenvalue weighted by Crippen LogP contribution is 2.44. The van der Waals surface area contributed by atoms with E-state index in [0.717, 1.165) is 6.07 Å². The molecule has 0 aliphatic carbocycles. The summed E-state index contributed by atoms with van der Waals surface area (Å²) in [7, 11) is 2.90. The molecule has 1 aliphatic rings. The van der Waals surface area contributed by atoms with Crippen LogP contribution in [0.2, 0.25) is 0 Å². The van der Waals surface area contributed by atoms with Crippen molar-refractivity contribution in [2.45, 2.75) is 44.5 Å². The highest BCUT2D eigenvalue weighted by molar-refractivity contribution is 5.94. The maximum atomic E-state index is 14.3. The van der Waals surface area contributed by atoms with Crippen molar-refractivity contribution >= 4 is 11.7 Å². The Morgan fingerprint density at radius 1 is 1.39 bits per heavy atom. The summed E-state index contributed by atoms with van der Waals surface area (Å²) >= 11 is 0. The van der Waals surface area contributed by atoms with Crippen molar-refractivity contribution < 1.29 is 33.3 Å². The van der Waals surface area contributed by atoms with Crippen LogP contribution < -0.4 is 10.1 Å². The van der Waals surface area contributed by atoms with Gasteiger partial charge in [-0.3, -0.25) is 9.48 Å². The van der Waals surface area contributed by atoms with Crippen molar-refractivity contribution in [3.05, 3.63) is 41.1 Å².